The molecule has 0 heterocycles. The summed E-state index contributed by atoms with van der Waals surface area (Å²) >= 11 is 3.93. The number of hydrogen-bond acceptors (Lipinski definition) is 1. The third-order valence-electron chi connectivity index (χ3n) is 4.00. The Hall–Kier alpha value is -0.500. The minimum absolute atomic E-state index is 0.436. The minimum Gasteiger partial charge on any atom is -0.496 e. The highest BCUT2D eigenvalue weighted by atomic mass is 79.9. The molecular formula is C16H23BrO. The van der Waals surface area contributed by atoms with E-state index in [1.54, 1.807) is 7.11 Å². The first kappa shape index (κ1) is 13.9. The lowest BCUT2D eigenvalue weighted by Gasteiger charge is -2.23. The average molecular weight is 311 g/mol. The molecule has 0 bridgehead atoms. The SMILES string of the molecule is COc1ccc(C)cc1C(Br)C1CCCCCC1. The van der Waals surface area contributed by atoms with E-state index >= 15 is 0 Å². The van der Waals surface area contributed by atoms with Crippen LogP contribution in [0.3, 0.4) is 0 Å². The molecule has 0 aromatic heterocycles. The number of ether oxygens (including phenoxy) is 1. The molecule has 0 saturated heterocycles. The second kappa shape index (κ2) is 6.60. The number of halogens is 1. The lowest BCUT2D eigenvalue weighted by molar-refractivity contribution is 0.396. The van der Waals surface area contributed by atoms with E-state index in [0.717, 1.165) is 11.7 Å². The normalized spacial score (nSPS) is 19.3. The summed E-state index contributed by atoms with van der Waals surface area (Å²) in [5, 5.41) is 0. The van der Waals surface area contributed by atoms with Crippen molar-refractivity contribution in [2.75, 3.05) is 7.11 Å². The van der Waals surface area contributed by atoms with E-state index in [-0.39, 0.29) is 0 Å². The Morgan fingerprint density at radius 1 is 1.17 bits per heavy atom. The molecule has 100 valence electrons. The Bertz CT molecular complexity index is 381. The summed E-state index contributed by atoms with van der Waals surface area (Å²) in [6, 6.07) is 6.48. The molecule has 18 heavy (non-hydrogen) atoms. The van der Waals surface area contributed by atoms with Crippen molar-refractivity contribution in [2.45, 2.75) is 50.3 Å². The zero-order chi connectivity index (χ0) is 13.0. The summed E-state index contributed by atoms with van der Waals surface area (Å²) in [6.45, 7) is 2.15. The van der Waals surface area contributed by atoms with Crippen LogP contribution in [0.1, 0.15) is 54.5 Å². The van der Waals surface area contributed by atoms with Crippen LogP contribution in [-0.2, 0) is 0 Å². The molecule has 1 nitrogen and oxygen atoms in total. The quantitative estimate of drug-likeness (QED) is 0.536. The van der Waals surface area contributed by atoms with Crippen LogP contribution < -0.4 is 4.74 Å². The van der Waals surface area contributed by atoms with E-state index in [1.807, 2.05) is 0 Å². The number of benzene rings is 1. The van der Waals surface area contributed by atoms with Crippen LogP contribution in [0.4, 0.5) is 0 Å². The van der Waals surface area contributed by atoms with Gasteiger partial charge in [-0.3, -0.25) is 0 Å². The van der Waals surface area contributed by atoms with E-state index < -0.39 is 0 Å². The summed E-state index contributed by atoms with van der Waals surface area (Å²) < 4.78 is 5.51. The Balaban J connectivity index is 2.20. The molecule has 0 amide bonds. The van der Waals surface area contributed by atoms with Crippen molar-refractivity contribution in [3.63, 3.8) is 0 Å². The van der Waals surface area contributed by atoms with Crippen molar-refractivity contribution in [1.82, 2.24) is 0 Å². The van der Waals surface area contributed by atoms with Gasteiger partial charge in [0.1, 0.15) is 5.75 Å². The first-order valence-electron chi connectivity index (χ1n) is 7.01. The van der Waals surface area contributed by atoms with Crippen molar-refractivity contribution < 1.29 is 4.74 Å². The number of methoxy groups -OCH3 is 1. The van der Waals surface area contributed by atoms with Gasteiger partial charge >= 0.3 is 0 Å². The summed E-state index contributed by atoms with van der Waals surface area (Å²) in [7, 11) is 1.76. The highest BCUT2D eigenvalue weighted by molar-refractivity contribution is 9.09. The van der Waals surface area contributed by atoms with Crippen LogP contribution in [0.2, 0.25) is 0 Å². The Kier molecular flexibility index (Phi) is 5.11. The Morgan fingerprint density at radius 2 is 1.83 bits per heavy atom. The van der Waals surface area contributed by atoms with Gasteiger partial charge in [-0.25, -0.2) is 0 Å². The van der Waals surface area contributed by atoms with Gasteiger partial charge in [-0.1, -0.05) is 59.3 Å². The molecule has 1 aromatic rings. The third-order valence-corrected chi connectivity index (χ3v) is 5.24. The number of aryl methyl sites for hydroxylation is 1. The largest absolute Gasteiger partial charge is 0.496 e. The second-order valence-electron chi connectivity index (χ2n) is 5.40. The topological polar surface area (TPSA) is 9.23 Å². The summed E-state index contributed by atoms with van der Waals surface area (Å²) in [6.07, 6.45) is 8.24. The van der Waals surface area contributed by atoms with Gasteiger partial charge in [0, 0.05) is 10.4 Å². The van der Waals surface area contributed by atoms with E-state index in [1.165, 1.54) is 49.7 Å². The first-order valence-corrected chi connectivity index (χ1v) is 7.92. The molecule has 1 aliphatic rings. The number of rotatable bonds is 3. The first-order chi connectivity index (χ1) is 8.72. The smallest absolute Gasteiger partial charge is 0.123 e. The fourth-order valence-electron chi connectivity index (χ4n) is 2.93. The predicted molar refractivity (Wildman–Crippen MR) is 80.6 cm³/mol. The third kappa shape index (κ3) is 3.28. The van der Waals surface area contributed by atoms with Crippen molar-refractivity contribution in [3.05, 3.63) is 29.3 Å². The lowest BCUT2D eigenvalue weighted by Crippen LogP contribution is -2.08. The Morgan fingerprint density at radius 3 is 2.44 bits per heavy atom. The highest BCUT2D eigenvalue weighted by Gasteiger charge is 2.24. The molecule has 1 atom stereocenters. The monoisotopic (exact) mass is 310 g/mol. The molecule has 1 aliphatic carbocycles. The maximum absolute atomic E-state index is 5.51. The van der Waals surface area contributed by atoms with E-state index in [9.17, 15) is 0 Å². The molecule has 1 aromatic carbocycles. The molecule has 1 saturated carbocycles. The summed E-state index contributed by atoms with van der Waals surface area (Å²) in [5.74, 6) is 1.77. The molecule has 1 unspecified atom stereocenters. The molecule has 2 heteroatoms. The summed E-state index contributed by atoms with van der Waals surface area (Å²) in [4.78, 5) is 0.436. The van der Waals surface area contributed by atoms with Crippen LogP contribution in [0.15, 0.2) is 18.2 Å². The van der Waals surface area contributed by atoms with Crippen LogP contribution in [0.25, 0.3) is 0 Å². The van der Waals surface area contributed by atoms with Crippen molar-refractivity contribution in [2.24, 2.45) is 5.92 Å². The molecule has 0 spiro atoms. The van der Waals surface area contributed by atoms with Gasteiger partial charge in [0.2, 0.25) is 0 Å². The highest BCUT2D eigenvalue weighted by Crippen LogP contribution is 2.42. The van der Waals surface area contributed by atoms with Gasteiger partial charge in [-0.05, 0) is 31.7 Å². The predicted octanol–water partition coefficient (Wildman–Crippen LogP) is 5.41. The standard InChI is InChI=1S/C16H23BrO/c1-12-9-10-15(18-2)14(11-12)16(17)13-7-5-3-4-6-8-13/h9-11,13,16H,3-8H2,1-2H3. The minimum atomic E-state index is 0.436. The van der Waals surface area contributed by atoms with E-state index in [0.29, 0.717) is 4.83 Å². The van der Waals surface area contributed by atoms with Crippen molar-refractivity contribution in [1.29, 1.82) is 0 Å². The second-order valence-corrected chi connectivity index (χ2v) is 6.39. The fourth-order valence-corrected chi connectivity index (χ4v) is 3.81. The van der Waals surface area contributed by atoms with Gasteiger partial charge in [0.15, 0.2) is 0 Å². The zero-order valence-electron chi connectivity index (χ0n) is 11.4. The van der Waals surface area contributed by atoms with Gasteiger partial charge in [-0.15, -0.1) is 0 Å². The van der Waals surface area contributed by atoms with E-state index in [4.69, 9.17) is 4.74 Å². The molecular weight excluding hydrogens is 288 g/mol. The molecule has 1 fully saturated rings. The van der Waals surface area contributed by atoms with E-state index in [2.05, 4.69) is 41.1 Å². The lowest BCUT2D eigenvalue weighted by atomic mass is 9.91. The van der Waals surface area contributed by atoms with Gasteiger partial charge < -0.3 is 4.74 Å². The molecule has 0 radical (unpaired) electrons. The van der Waals surface area contributed by atoms with Gasteiger partial charge in [-0.2, -0.15) is 0 Å². The van der Waals surface area contributed by atoms with Crippen LogP contribution in [0, 0.1) is 12.8 Å². The van der Waals surface area contributed by atoms with Crippen LogP contribution in [-0.4, -0.2) is 7.11 Å². The van der Waals surface area contributed by atoms with Gasteiger partial charge in [0.05, 0.1) is 7.11 Å². The van der Waals surface area contributed by atoms with Crippen LogP contribution >= 0.6 is 15.9 Å². The maximum atomic E-state index is 5.51. The van der Waals surface area contributed by atoms with Crippen LogP contribution in [0.5, 0.6) is 5.75 Å². The Labute approximate surface area is 119 Å². The molecule has 0 N–H and O–H groups in total. The average Bonchev–Trinajstić information content (AvgIpc) is 2.66. The van der Waals surface area contributed by atoms with Gasteiger partial charge in [0.25, 0.3) is 0 Å². The van der Waals surface area contributed by atoms with Crippen molar-refractivity contribution in [3.8, 4) is 5.75 Å². The molecule has 0 aliphatic heterocycles. The fraction of sp³-hybridized carbons (Fsp3) is 0.625. The summed E-state index contributed by atoms with van der Waals surface area (Å²) in [5.41, 5.74) is 2.63. The zero-order valence-corrected chi connectivity index (χ0v) is 13.0. The number of alkyl halides is 1. The number of hydrogen-bond donors (Lipinski definition) is 0. The van der Waals surface area contributed by atoms with Crippen molar-refractivity contribution >= 4 is 15.9 Å². The molecule has 2 rings (SSSR count). The maximum Gasteiger partial charge on any atom is 0.123 e.